The molecule has 0 atom stereocenters. The second-order valence-electron chi connectivity index (χ2n) is 6.18. The van der Waals surface area contributed by atoms with Crippen molar-refractivity contribution in [2.75, 3.05) is 0 Å². The lowest BCUT2D eigenvalue weighted by Crippen LogP contribution is -2.24. The van der Waals surface area contributed by atoms with Gasteiger partial charge in [0.15, 0.2) is 0 Å². The van der Waals surface area contributed by atoms with Crippen molar-refractivity contribution in [2.24, 2.45) is 0 Å². The maximum Gasteiger partial charge on any atom is 0.407 e. The highest BCUT2D eigenvalue weighted by molar-refractivity contribution is 6.30. The number of aromatic nitrogens is 2. The van der Waals surface area contributed by atoms with Gasteiger partial charge in [0.1, 0.15) is 5.82 Å². The Hall–Kier alpha value is -2.86. The van der Waals surface area contributed by atoms with E-state index in [4.69, 9.17) is 11.6 Å². The maximum absolute atomic E-state index is 14.5. The highest BCUT2D eigenvalue weighted by Crippen LogP contribution is 2.34. The number of amides is 1. The van der Waals surface area contributed by atoms with Gasteiger partial charge >= 0.3 is 6.09 Å². The molecule has 1 aliphatic rings. The van der Waals surface area contributed by atoms with Crippen LogP contribution >= 0.6 is 11.6 Å². The third kappa shape index (κ3) is 2.93. The van der Waals surface area contributed by atoms with Crippen LogP contribution in [0.4, 0.5) is 9.18 Å². The molecule has 1 aliphatic heterocycles. The third-order valence-electron chi connectivity index (χ3n) is 4.44. The van der Waals surface area contributed by atoms with Crippen molar-refractivity contribution in [1.82, 2.24) is 14.7 Å². The van der Waals surface area contributed by atoms with Gasteiger partial charge in [-0.05, 0) is 29.8 Å². The molecule has 0 radical (unpaired) electrons. The maximum atomic E-state index is 14.5. The van der Waals surface area contributed by atoms with Crippen LogP contribution in [0.3, 0.4) is 0 Å². The summed E-state index contributed by atoms with van der Waals surface area (Å²) in [5, 5.41) is 14.4. The average molecular weight is 372 g/mol. The number of hydrogen-bond donors (Lipinski definition) is 1. The second kappa shape index (κ2) is 6.46. The first-order valence-electron chi connectivity index (χ1n) is 8.08. The molecule has 1 N–H and O–H groups in total. The van der Waals surface area contributed by atoms with E-state index in [0.29, 0.717) is 28.5 Å². The molecule has 0 unspecified atom stereocenters. The van der Waals surface area contributed by atoms with Crippen LogP contribution in [0.1, 0.15) is 16.8 Å². The number of carboxylic acid groups (broad SMARTS) is 1. The molecule has 132 valence electrons. The highest BCUT2D eigenvalue weighted by Gasteiger charge is 2.31. The fourth-order valence-corrected chi connectivity index (χ4v) is 3.49. The molecule has 0 saturated carbocycles. The van der Waals surface area contributed by atoms with Gasteiger partial charge in [0.05, 0.1) is 31.0 Å². The van der Waals surface area contributed by atoms with Crippen molar-refractivity contribution in [3.63, 3.8) is 0 Å². The lowest BCUT2D eigenvalue weighted by Gasteiger charge is -2.14. The van der Waals surface area contributed by atoms with Crippen LogP contribution in [-0.4, -0.2) is 25.9 Å². The van der Waals surface area contributed by atoms with Crippen molar-refractivity contribution in [3.05, 3.63) is 76.2 Å². The fourth-order valence-electron chi connectivity index (χ4n) is 3.28. The van der Waals surface area contributed by atoms with Gasteiger partial charge < -0.3 is 5.11 Å². The monoisotopic (exact) mass is 371 g/mol. The van der Waals surface area contributed by atoms with Gasteiger partial charge in [-0.3, -0.25) is 9.58 Å². The summed E-state index contributed by atoms with van der Waals surface area (Å²) in [6.45, 7) is 0.822. The van der Waals surface area contributed by atoms with E-state index in [2.05, 4.69) is 5.10 Å². The molecule has 26 heavy (non-hydrogen) atoms. The first-order chi connectivity index (χ1) is 12.5. The quantitative estimate of drug-likeness (QED) is 0.743. The van der Waals surface area contributed by atoms with E-state index in [-0.39, 0.29) is 18.9 Å². The van der Waals surface area contributed by atoms with Gasteiger partial charge in [-0.2, -0.15) is 5.10 Å². The minimum absolute atomic E-state index is 0.198. The van der Waals surface area contributed by atoms with Crippen molar-refractivity contribution in [2.45, 2.75) is 19.6 Å². The lowest BCUT2D eigenvalue weighted by atomic mass is 10.1. The zero-order chi connectivity index (χ0) is 18.3. The summed E-state index contributed by atoms with van der Waals surface area (Å²) >= 11 is 6.06. The van der Waals surface area contributed by atoms with Crippen LogP contribution in [0.25, 0.3) is 11.3 Å². The molecule has 5 nitrogen and oxygen atoms in total. The average Bonchev–Trinajstić information content (AvgIpc) is 3.13. The van der Waals surface area contributed by atoms with Crippen LogP contribution < -0.4 is 0 Å². The number of benzene rings is 2. The van der Waals surface area contributed by atoms with Crippen molar-refractivity contribution in [3.8, 4) is 11.3 Å². The van der Waals surface area contributed by atoms with Crippen molar-refractivity contribution < 1.29 is 14.3 Å². The Labute approximate surface area is 154 Å². The van der Waals surface area contributed by atoms with E-state index >= 15 is 0 Å². The molecule has 2 heterocycles. The van der Waals surface area contributed by atoms with Gasteiger partial charge in [-0.15, -0.1) is 0 Å². The standard InChI is InChI=1S/C19H15ClFN3O2/c20-13-5-3-4-12(8-13)9-24-18(14-6-1-2-7-16(14)21)15-10-23(19(25)26)11-17(15)22-24/h1-8H,9-11H2,(H,25,26). The summed E-state index contributed by atoms with van der Waals surface area (Å²) < 4.78 is 16.2. The minimum atomic E-state index is -1.01. The van der Waals surface area contributed by atoms with Crippen LogP contribution in [0.5, 0.6) is 0 Å². The Morgan fingerprint density at radius 3 is 2.73 bits per heavy atom. The van der Waals surface area contributed by atoms with Crippen molar-refractivity contribution in [1.29, 1.82) is 0 Å². The highest BCUT2D eigenvalue weighted by atomic mass is 35.5. The lowest BCUT2D eigenvalue weighted by molar-refractivity contribution is 0.144. The van der Waals surface area contributed by atoms with Gasteiger partial charge in [0, 0.05) is 16.1 Å². The molecule has 7 heteroatoms. The Morgan fingerprint density at radius 1 is 1.19 bits per heavy atom. The molecule has 0 spiro atoms. The molecule has 1 aromatic heterocycles. The van der Waals surface area contributed by atoms with E-state index in [9.17, 15) is 14.3 Å². The summed E-state index contributed by atoms with van der Waals surface area (Å²) in [4.78, 5) is 12.6. The van der Waals surface area contributed by atoms with E-state index < -0.39 is 6.09 Å². The minimum Gasteiger partial charge on any atom is -0.465 e. The molecule has 0 bridgehead atoms. The van der Waals surface area contributed by atoms with E-state index in [1.165, 1.54) is 11.0 Å². The molecule has 3 aromatic rings. The molecule has 1 amide bonds. The predicted octanol–water partition coefficient (Wildman–Crippen LogP) is 4.38. The number of fused-ring (bicyclic) bond motifs is 1. The molecule has 2 aromatic carbocycles. The zero-order valence-electron chi connectivity index (χ0n) is 13.7. The topological polar surface area (TPSA) is 58.4 Å². The van der Waals surface area contributed by atoms with Crippen molar-refractivity contribution >= 4 is 17.7 Å². The normalized spacial score (nSPS) is 13.1. The Kier molecular flexibility index (Phi) is 4.12. The third-order valence-corrected chi connectivity index (χ3v) is 4.68. The Morgan fingerprint density at radius 2 is 2.00 bits per heavy atom. The smallest absolute Gasteiger partial charge is 0.407 e. The first-order valence-corrected chi connectivity index (χ1v) is 8.46. The summed E-state index contributed by atoms with van der Waals surface area (Å²) in [6, 6.07) is 13.9. The summed E-state index contributed by atoms with van der Waals surface area (Å²) in [5.74, 6) is -0.365. The predicted molar refractivity (Wildman–Crippen MR) is 95.4 cm³/mol. The van der Waals surface area contributed by atoms with Crippen LogP contribution in [0.15, 0.2) is 48.5 Å². The Bertz CT molecular complexity index is 1000. The SMILES string of the molecule is O=C(O)N1Cc2nn(Cc3cccc(Cl)c3)c(-c3ccccc3F)c2C1. The first kappa shape index (κ1) is 16.6. The van der Waals surface area contributed by atoms with Gasteiger partial charge in [-0.25, -0.2) is 9.18 Å². The summed E-state index contributed by atoms with van der Waals surface area (Å²) in [6.07, 6.45) is -1.01. The van der Waals surface area contributed by atoms with E-state index in [1.54, 1.807) is 28.9 Å². The largest absolute Gasteiger partial charge is 0.465 e. The Balaban J connectivity index is 1.82. The van der Waals surface area contributed by atoms with Crippen LogP contribution in [0.2, 0.25) is 5.02 Å². The molecule has 0 fully saturated rings. The number of rotatable bonds is 3. The van der Waals surface area contributed by atoms with E-state index in [1.807, 2.05) is 18.2 Å². The molecule has 0 saturated heterocycles. The van der Waals surface area contributed by atoms with Crippen LogP contribution in [0, 0.1) is 5.82 Å². The second-order valence-corrected chi connectivity index (χ2v) is 6.62. The molecular formula is C19H15ClFN3O2. The fraction of sp³-hybridized carbons (Fsp3) is 0.158. The summed E-state index contributed by atoms with van der Waals surface area (Å²) in [7, 11) is 0. The number of halogens is 2. The zero-order valence-corrected chi connectivity index (χ0v) is 14.4. The number of nitrogens with zero attached hydrogens (tertiary/aromatic N) is 3. The van der Waals surface area contributed by atoms with Gasteiger partial charge in [0.25, 0.3) is 0 Å². The van der Waals surface area contributed by atoms with Gasteiger partial charge in [-0.1, -0.05) is 35.9 Å². The molecular weight excluding hydrogens is 357 g/mol. The number of hydrogen-bond acceptors (Lipinski definition) is 2. The number of carbonyl (C=O) groups is 1. The van der Waals surface area contributed by atoms with Crippen LogP contribution in [-0.2, 0) is 19.6 Å². The van der Waals surface area contributed by atoms with Gasteiger partial charge in [0.2, 0.25) is 0 Å². The summed E-state index contributed by atoms with van der Waals surface area (Å²) in [5.41, 5.74) is 3.37. The molecule has 0 aliphatic carbocycles. The van der Waals surface area contributed by atoms with E-state index in [0.717, 1.165) is 11.1 Å². The molecule has 4 rings (SSSR count).